The first-order valence-electron chi connectivity index (χ1n) is 6.02. The Hall–Kier alpha value is -2.87. The predicted octanol–water partition coefficient (Wildman–Crippen LogP) is 2.72. The molecule has 1 aromatic heterocycles. The molecule has 1 aromatic carbocycles. The van der Waals surface area contributed by atoms with Crippen molar-refractivity contribution in [1.29, 1.82) is 5.26 Å². The quantitative estimate of drug-likeness (QED) is 0.921. The Morgan fingerprint density at radius 2 is 2.20 bits per heavy atom. The van der Waals surface area contributed by atoms with Crippen molar-refractivity contribution in [2.24, 2.45) is 0 Å². The van der Waals surface area contributed by atoms with Gasteiger partial charge in [0.05, 0.1) is 23.4 Å². The van der Waals surface area contributed by atoms with Gasteiger partial charge in [0, 0.05) is 11.8 Å². The molecule has 0 atom stereocenters. The number of aromatic carboxylic acids is 1. The lowest BCUT2D eigenvalue weighted by molar-refractivity contribution is 0.0697. The molecule has 5 nitrogen and oxygen atoms in total. The van der Waals surface area contributed by atoms with Gasteiger partial charge in [0.1, 0.15) is 11.8 Å². The maximum absolute atomic E-state index is 10.9. The summed E-state index contributed by atoms with van der Waals surface area (Å²) in [6.45, 7) is 2.31. The second-order valence-corrected chi connectivity index (χ2v) is 3.99. The molecule has 0 aliphatic rings. The number of hydrogen-bond acceptors (Lipinski definition) is 4. The van der Waals surface area contributed by atoms with E-state index in [1.54, 1.807) is 18.2 Å². The summed E-state index contributed by atoms with van der Waals surface area (Å²) in [6.07, 6.45) is 1.43. The standard InChI is InChI=1S/C15H12N2O3/c1-2-20-14-4-3-10(7-12(14)9-16)13-8-11(15(18)19)5-6-17-13/h3-8H,2H2,1H3,(H,18,19). The number of carboxylic acids is 1. The van der Waals surface area contributed by atoms with Gasteiger partial charge < -0.3 is 9.84 Å². The van der Waals surface area contributed by atoms with Gasteiger partial charge in [-0.3, -0.25) is 4.98 Å². The Balaban J connectivity index is 2.46. The fraction of sp³-hybridized carbons (Fsp3) is 0.133. The molecule has 0 aliphatic heterocycles. The lowest BCUT2D eigenvalue weighted by atomic mass is 10.1. The van der Waals surface area contributed by atoms with Gasteiger partial charge in [0.25, 0.3) is 0 Å². The molecule has 1 heterocycles. The van der Waals surface area contributed by atoms with E-state index in [0.717, 1.165) is 0 Å². The molecule has 0 saturated carbocycles. The number of aromatic nitrogens is 1. The van der Waals surface area contributed by atoms with Crippen LogP contribution in [0, 0.1) is 11.3 Å². The molecule has 2 rings (SSSR count). The number of nitrogens with zero attached hydrogens (tertiary/aromatic N) is 2. The van der Waals surface area contributed by atoms with E-state index < -0.39 is 5.97 Å². The van der Waals surface area contributed by atoms with E-state index in [0.29, 0.717) is 29.2 Å². The Bertz CT molecular complexity index is 690. The van der Waals surface area contributed by atoms with Crippen molar-refractivity contribution in [3.63, 3.8) is 0 Å². The van der Waals surface area contributed by atoms with Crippen LogP contribution in [-0.4, -0.2) is 22.7 Å². The van der Waals surface area contributed by atoms with E-state index in [1.807, 2.05) is 6.92 Å². The van der Waals surface area contributed by atoms with Crippen molar-refractivity contribution < 1.29 is 14.6 Å². The fourth-order valence-electron chi connectivity index (χ4n) is 1.78. The Morgan fingerprint density at radius 3 is 2.85 bits per heavy atom. The number of pyridine rings is 1. The van der Waals surface area contributed by atoms with Crippen molar-refractivity contribution in [2.45, 2.75) is 6.92 Å². The molecular weight excluding hydrogens is 256 g/mol. The zero-order chi connectivity index (χ0) is 14.5. The second kappa shape index (κ2) is 5.85. The molecule has 1 N–H and O–H groups in total. The molecule has 0 unspecified atom stereocenters. The summed E-state index contributed by atoms with van der Waals surface area (Å²) in [6, 6.07) is 10.0. The lowest BCUT2D eigenvalue weighted by Crippen LogP contribution is -1.98. The third-order valence-electron chi connectivity index (χ3n) is 2.70. The van der Waals surface area contributed by atoms with Crippen molar-refractivity contribution >= 4 is 5.97 Å². The largest absolute Gasteiger partial charge is 0.492 e. The lowest BCUT2D eigenvalue weighted by Gasteiger charge is -2.07. The van der Waals surface area contributed by atoms with Crippen LogP contribution in [0.25, 0.3) is 11.3 Å². The zero-order valence-corrected chi connectivity index (χ0v) is 10.8. The maximum atomic E-state index is 10.9. The molecule has 0 bridgehead atoms. The van der Waals surface area contributed by atoms with E-state index in [2.05, 4.69) is 11.1 Å². The molecule has 0 saturated heterocycles. The number of benzene rings is 1. The maximum Gasteiger partial charge on any atom is 0.335 e. The molecule has 20 heavy (non-hydrogen) atoms. The van der Waals surface area contributed by atoms with E-state index >= 15 is 0 Å². The topological polar surface area (TPSA) is 83.2 Å². The number of hydrogen-bond donors (Lipinski definition) is 1. The van der Waals surface area contributed by atoms with Gasteiger partial charge in [-0.15, -0.1) is 0 Å². The van der Waals surface area contributed by atoms with Crippen LogP contribution in [0.4, 0.5) is 0 Å². The van der Waals surface area contributed by atoms with Crippen LogP contribution in [0.5, 0.6) is 5.75 Å². The molecule has 5 heteroatoms. The van der Waals surface area contributed by atoms with Crippen LogP contribution >= 0.6 is 0 Å². The second-order valence-electron chi connectivity index (χ2n) is 3.99. The molecule has 0 amide bonds. The van der Waals surface area contributed by atoms with Crippen LogP contribution in [0.1, 0.15) is 22.8 Å². The van der Waals surface area contributed by atoms with E-state index in [4.69, 9.17) is 15.1 Å². The van der Waals surface area contributed by atoms with Crippen LogP contribution in [0.3, 0.4) is 0 Å². The van der Waals surface area contributed by atoms with Crippen molar-refractivity contribution in [3.8, 4) is 23.1 Å². The first-order valence-corrected chi connectivity index (χ1v) is 6.02. The van der Waals surface area contributed by atoms with Gasteiger partial charge in [0.2, 0.25) is 0 Å². The van der Waals surface area contributed by atoms with Crippen molar-refractivity contribution in [3.05, 3.63) is 47.7 Å². The first-order chi connectivity index (χ1) is 9.65. The molecule has 2 aromatic rings. The predicted molar refractivity (Wildman–Crippen MR) is 72.5 cm³/mol. The van der Waals surface area contributed by atoms with E-state index in [9.17, 15) is 4.79 Å². The summed E-state index contributed by atoms with van der Waals surface area (Å²) in [5.41, 5.74) is 1.73. The fourth-order valence-corrected chi connectivity index (χ4v) is 1.78. The molecule has 100 valence electrons. The Kier molecular flexibility index (Phi) is 3.96. The monoisotopic (exact) mass is 268 g/mol. The molecular formula is C15H12N2O3. The van der Waals surface area contributed by atoms with Crippen molar-refractivity contribution in [1.82, 2.24) is 4.98 Å². The van der Waals surface area contributed by atoms with E-state index in [-0.39, 0.29) is 5.56 Å². The average molecular weight is 268 g/mol. The number of ether oxygens (including phenoxy) is 1. The summed E-state index contributed by atoms with van der Waals surface area (Å²) < 4.78 is 5.34. The average Bonchev–Trinajstić information content (AvgIpc) is 2.48. The third kappa shape index (κ3) is 2.75. The smallest absolute Gasteiger partial charge is 0.335 e. The molecule has 0 radical (unpaired) electrons. The normalized spacial score (nSPS) is 9.80. The molecule has 0 fully saturated rings. The number of carbonyl (C=O) groups is 1. The summed E-state index contributed by atoms with van der Waals surface area (Å²) in [7, 11) is 0. The van der Waals surface area contributed by atoms with Crippen LogP contribution in [0.2, 0.25) is 0 Å². The van der Waals surface area contributed by atoms with E-state index in [1.165, 1.54) is 18.3 Å². The highest BCUT2D eigenvalue weighted by atomic mass is 16.5. The van der Waals surface area contributed by atoms with Crippen LogP contribution in [-0.2, 0) is 0 Å². The minimum Gasteiger partial charge on any atom is -0.492 e. The van der Waals surface area contributed by atoms with Gasteiger partial charge in [-0.05, 0) is 37.3 Å². The van der Waals surface area contributed by atoms with Gasteiger partial charge in [-0.1, -0.05) is 0 Å². The summed E-state index contributed by atoms with van der Waals surface area (Å²) in [4.78, 5) is 15.1. The number of rotatable bonds is 4. The number of carboxylic acid groups (broad SMARTS) is 1. The summed E-state index contributed by atoms with van der Waals surface area (Å²) >= 11 is 0. The summed E-state index contributed by atoms with van der Waals surface area (Å²) in [5.74, 6) is -0.506. The molecule has 0 spiro atoms. The minimum absolute atomic E-state index is 0.155. The Morgan fingerprint density at radius 1 is 1.40 bits per heavy atom. The first kappa shape index (κ1) is 13.6. The highest BCUT2D eigenvalue weighted by molar-refractivity contribution is 5.88. The highest BCUT2D eigenvalue weighted by Crippen LogP contribution is 2.25. The van der Waals surface area contributed by atoms with Crippen LogP contribution in [0.15, 0.2) is 36.5 Å². The van der Waals surface area contributed by atoms with Gasteiger partial charge in [-0.25, -0.2) is 4.79 Å². The third-order valence-corrected chi connectivity index (χ3v) is 2.70. The zero-order valence-electron chi connectivity index (χ0n) is 10.8. The van der Waals surface area contributed by atoms with Gasteiger partial charge in [-0.2, -0.15) is 5.26 Å². The van der Waals surface area contributed by atoms with Crippen LogP contribution < -0.4 is 4.74 Å². The number of nitriles is 1. The van der Waals surface area contributed by atoms with Gasteiger partial charge >= 0.3 is 5.97 Å². The van der Waals surface area contributed by atoms with Crippen molar-refractivity contribution in [2.75, 3.05) is 6.61 Å². The minimum atomic E-state index is -1.01. The Labute approximate surface area is 116 Å². The molecule has 0 aliphatic carbocycles. The highest BCUT2D eigenvalue weighted by Gasteiger charge is 2.09. The summed E-state index contributed by atoms with van der Waals surface area (Å²) in [5, 5.41) is 18.1. The SMILES string of the molecule is CCOc1ccc(-c2cc(C(=O)O)ccn2)cc1C#N. The van der Waals surface area contributed by atoms with Gasteiger partial charge in [0.15, 0.2) is 0 Å².